The lowest BCUT2D eigenvalue weighted by molar-refractivity contribution is 0.257. The van der Waals surface area contributed by atoms with Crippen LogP contribution in [0, 0.1) is 0 Å². The number of likely N-dealkylation sites (tertiary alicyclic amines) is 1. The van der Waals surface area contributed by atoms with Gasteiger partial charge in [0, 0.05) is 19.6 Å². The molecule has 1 aliphatic heterocycles. The van der Waals surface area contributed by atoms with Crippen molar-refractivity contribution in [3.63, 3.8) is 0 Å². The van der Waals surface area contributed by atoms with Crippen molar-refractivity contribution < 1.29 is 0 Å². The molecule has 0 radical (unpaired) electrons. The minimum absolute atomic E-state index is 0.649. The zero-order valence-electron chi connectivity index (χ0n) is 9.83. The third-order valence-corrected chi connectivity index (χ3v) is 3.56. The fraction of sp³-hybridized carbons (Fsp3) is 0.583. The molecule has 2 heterocycles. The first kappa shape index (κ1) is 11.7. The van der Waals surface area contributed by atoms with Gasteiger partial charge in [0.05, 0.1) is 10.7 Å². The summed E-state index contributed by atoms with van der Waals surface area (Å²) in [6, 6.07) is 4.46. The summed E-state index contributed by atoms with van der Waals surface area (Å²) < 4.78 is 0. The van der Waals surface area contributed by atoms with Gasteiger partial charge in [0.15, 0.2) is 0 Å². The Morgan fingerprint density at radius 3 is 3.00 bits per heavy atom. The van der Waals surface area contributed by atoms with Gasteiger partial charge in [-0.3, -0.25) is 4.90 Å². The molecule has 2 rings (SSSR count). The molecule has 0 saturated carbocycles. The number of hydrogen-bond acceptors (Lipinski definition) is 3. The minimum atomic E-state index is 0.649. The van der Waals surface area contributed by atoms with Gasteiger partial charge in [0.2, 0.25) is 0 Å². The van der Waals surface area contributed by atoms with Crippen LogP contribution in [0.3, 0.4) is 0 Å². The van der Waals surface area contributed by atoms with Crippen molar-refractivity contribution in [1.82, 2.24) is 9.88 Å². The van der Waals surface area contributed by atoms with Gasteiger partial charge in [-0.05, 0) is 38.4 Å². The maximum atomic E-state index is 6.16. The minimum Gasteiger partial charge on any atom is -0.373 e. The molecule has 1 N–H and O–H groups in total. The lowest BCUT2D eigenvalue weighted by atomic mass is 10.2. The summed E-state index contributed by atoms with van der Waals surface area (Å²) in [7, 11) is 1.87. The summed E-state index contributed by atoms with van der Waals surface area (Å²) in [4.78, 5) is 6.94. The highest BCUT2D eigenvalue weighted by atomic mass is 35.5. The van der Waals surface area contributed by atoms with Crippen LogP contribution < -0.4 is 5.32 Å². The van der Waals surface area contributed by atoms with E-state index in [4.69, 9.17) is 11.6 Å². The molecule has 4 heteroatoms. The van der Waals surface area contributed by atoms with Crippen LogP contribution in [0.4, 0.5) is 5.82 Å². The highest BCUT2D eigenvalue weighted by Crippen LogP contribution is 2.23. The molecule has 1 aromatic heterocycles. The Bertz CT molecular complexity index is 367. The van der Waals surface area contributed by atoms with E-state index in [0.29, 0.717) is 6.04 Å². The lowest BCUT2D eigenvalue weighted by Crippen LogP contribution is -2.26. The highest BCUT2D eigenvalue weighted by molar-refractivity contribution is 6.31. The zero-order valence-corrected chi connectivity index (χ0v) is 10.6. The van der Waals surface area contributed by atoms with Gasteiger partial charge >= 0.3 is 0 Å². The van der Waals surface area contributed by atoms with Crippen molar-refractivity contribution in [3.05, 3.63) is 22.8 Å². The number of rotatable bonds is 3. The van der Waals surface area contributed by atoms with Crippen LogP contribution in [0.1, 0.15) is 25.5 Å². The Balaban J connectivity index is 2.13. The molecule has 0 spiro atoms. The van der Waals surface area contributed by atoms with Gasteiger partial charge in [-0.1, -0.05) is 11.6 Å². The largest absolute Gasteiger partial charge is 0.373 e. The number of hydrogen-bond donors (Lipinski definition) is 1. The molecule has 1 fully saturated rings. The molecule has 0 aliphatic carbocycles. The maximum absolute atomic E-state index is 6.16. The van der Waals surface area contributed by atoms with Crippen molar-refractivity contribution in [3.8, 4) is 0 Å². The van der Waals surface area contributed by atoms with Crippen molar-refractivity contribution in [2.75, 3.05) is 18.9 Å². The number of pyridine rings is 1. The molecule has 1 unspecified atom stereocenters. The first-order valence-electron chi connectivity index (χ1n) is 5.78. The number of aromatic nitrogens is 1. The van der Waals surface area contributed by atoms with Crippen LogP contribution >= 0.6 is 11.6 Å². The zero-order chi connectivity index (χ0) is 11.5. The number of halogens is 1. The third-order valence-electron chi connectivity index (χ3n) is 3.22. The molecule has 1 aliphatic rings. The molecule has 1 atom stereocenters. The number of nitrogens with zero attached hydrogens (tertiary/aromatic N) is 2. The fourth-order valence-electron chi connectivity index (χ4n) is 2.15. The fourth-order valence-corrected chi connectivity index (χ4v) is 2.32. The summed E-state index contributed by atoms with van der Waals surface area (Å²) in [6.07, 6.45) is 2.56. The summed E-state index contributed by atoms with van der Waals surface area (Å²) in [6.45, 7) is 4.28. The Hall–Kier alpha value is -0.800. The Morgan fingerprint density at radius 1 is 1.56 bits per heavy atom. The van der Waals surface area contributed by atoms with Crippen LogP contribution in [0.5, 0.6) is 0 Å². The van der Waals surface area contributed by atoms with Gasteiger partial charge in [-0.15, -0.1) is 0 Å². The van der Waals surface area contributed by atoms with E-state index in [2.05, 4.69) is 22.1 Å². The second-order valence-corrected chi connectivity index (χ2v) is 4.74. The van der Waals surface area contributed by atoms with Crippen LogP contribution in [0.25, 0.3) is 0 Å². The quantitative estimate of drug-likeness (QED) is 0.879. The van der Waals surface area contributed by atoms with E-state index in [1.54, 1.807) is 0 Å². The summed E-state index contributed by atoms with van der Waals surface area (Å²) in [5.74, 6) is 0.881. The van der Waals surface area contributed by atoms with Gasteiger partial charge < -0.3 is 5.32 Å². The third kappa shape index (κ3) is 2.47. The van der Waals surface area contributed by atoms with Crippen molar-refractivity contribution >= 4 is 17.4 Å². The second kappa shape index (κ2) is 5.02. The standard InChI is InChI=1S/C12H18ClN3/c1-9-4-3-7-16(9)8-11-10(13)5-6-12(14-2)15-11/h5-6,9H,3-4,7-8H2,1-2H3,(H,14,15). The molecule has 3 nitrogen and oxygen atoms in total. The van der Waals surface area contributed by atoms with E-state index in [1.165, 1.54) is 12.8 Å². The van der Waals surface area contributed by atoms with Crippen LogP contribution in [-0.4, -0.2) is 29.5 Å². The second-order valence-electron chi connectivity index (χ2n) is 4.34. The average Bonchev–Trinajstić information content (AvgIpc) is 2.68. The van der Waals surface area contributed by atoms with Crippen LogP contribution in [0.15, 0.2) is 12.1 Å². The first-order valence-corrected chi connectivity index (χ1v) is 6.15. The predicted octanol–water partition coefficient (Wildman–Crippen LogP) is 2.76. The van der Waals surface area contributed by atoms with Gasteiger partial charge in [-0.2, -0.15) is 0 Å². The molecule has 1 aromatic rings. The number of anilines is 1. The van der Waals surface area contributed by atoms with E-state index >= 15 is 0 Å². The van der Waals surface area contributed by atoms with E-state index < -0.39 is 0 Å². The van der Waals surface area contributed by atoms with Crippen LogP contribution in [-0.2, 0) is 6.54 Å². The summed E-state index contributed by atoms with van der Waals surface area (Å²) in [5, 5.41) is 3.80. The Kier molecular flexibility index (Phi) is 3.66. The van der Waals surface area contributed by atoms with E-state index in [9.17, 15) is 0 Å². The predicted molar refractivity (Wildman–Crippen MR) is 67.9 cm³/mol. The van der Waals surface area contributed by atoms with Gasteiger partial charge in [0.25, 0.3) is 0 Å². The normalized spacial score (nSPS) is 21.3. The monoisotopic (exact) mass is 239 g/mol. The first-order chi connectivity index (χ1) is 7.70. The molecule has 16 heavy (non-hydrogen) atoms. The molecule has 88 valence electrons. The topological polar surface area (TPSA) is 28.2 Å². The van der Waals surface area contributed by atoms with Crippen molar-refractivity contribution in [2.45, 2.75) is 32.4 Å². The van der Waals surface area contributed by atoms with E-state index in [1.807, 2.05) is 19.2 Å². The molecule has 0 amide bonds. The summed E-state index contributed by atoms with van der Waals surface area (Å²) >= 11 is 6.16. The molecular weight excluding hydrogens is 222 g/mol. The highest BCUT2D eigenvalue weighted by Gasteiger charge is 2.21. The van der Waals surface area contributed by atoms with E-state index in [-0.39, 0.29) is 0 Å². The number of nitrogens with one attached hydrogen (secondary N) is 1. The van der Waals surface area contributed by atoms with Crippen molar-refractivity contribution in [2.24, 2.45) is 0 Å². The lowest BCUT2D eigenvalue weighted by Gasteiger charge is -2.21. The van der Waals surface area contributed by atoms with Crippen LogP contribution in [0.2, 0.25) is 5.02 Å². The molecular formula is C12H18ClN3. The molecule has 1 saturated heterocycles. The maximum Gasteiger partial charge on any atom is 0.126 e. The van der Waals surface area contributed by atoms with Gasteiger partial charge in [0.1, 0.15) is 5.82 Å². The average molecular weight is 240 g/mol. The van der Waals surface area contributed by atoms with Crippen molar-refractivity contribution in [1.29, 1.82) is 0 Å². The summed E-state index contributed by atoms with van der Waals surface area (Å²) in [5.41, 5.74) is 0.974. The Morgan fingerprint density at radius 2 is 2.38 bits per heavy atom. The smallest absolute Gasteiger partial charge is 0.126 e. The Labute approximate surface area is 102 Å². The van der Waals surface area contributed by atoms with E-state index in [0.717, 1.165) is 29.6 Å². The molecule has 0 bridgehead atoms. The SMILES string of the molecule is CNc1ccc(Cl)c(CN2CCCC2C)n1. The van der Waals surface area contributed by atoms with Gasteiger partial charge in [-0.25, -0.2) is 4.98 Å². The molecule has 0 aromatic carbocycles.